The number of imidazole rings is 1. The van der Waals surface area contributed by atoms with Crippen molar-refractivity contribution in [2.24, 2.45) is 0 Å². The molecule has 0 spiro atoms. The van der Waals surface area contributed by atoms with Crippen molar-refractivity contribution in [3.63, 3.8) is 0 Å². The second kappa shape index (κ2) is 6.59. The Labute approximate surface area is 118 Å². The van der Waals surface area contributed by atoms with E-state index in [0.717, 1.165) is 41.8 Å². The molecule has 1 aromatic heterocycles. The van der Waals surface area contributed by atoms with Gasteiger partial charge in [-0.15, -0.1) is 0 Å². The van der Waals surface area contributed by atoms with Crippen LogP contribution in [0.5, 0.6) is 0 Å². The largest absolute Gasteiger partial charge is 0.385 e. The number of nitrogens with zero attached hydrogens (tertiary/aromatic N) is 2. The molecule has 0 aliphatic heterocycles. The maximum atomic E-state index is 6.16. The summed E-state index contributed by atoms with van der Waals surface area (Å²) in [4.78, 5) is 4.33. The Kier molecular flexibility index (Phi) is 4.82. The highest BCUT2D eigenvalue weighted by Gasteiger charge is 2.08. The number of aromatic nitrogens is 2. The van der Waals surface area contributed by atoms with Crippen LogP contribution in [0.1, 0.15) is 12.0 Å². The van der Waals surface area contributed by atoms with Gasteiger partial charge in [0.1, 0.15) is 0 Å². The van der Waals surface area contributed by atoms with Crippen molar-refractivity contribution in [1.29, 1.82) is 0 Å². The SMILES string of the molecule is COCCCNc1nccn1-c1cccc(Cl)c1C. The Morgan fingerprint density at radius 2 is 2.26 bits per heavy atom. The molecule has 0 aliphatic rings. The molecule has 0 saturated heterocycles. The number of ether oxygens (including phenoxy) is 1. The summed E-state index contributed by atoms with van der Waals surface area (Å²) in [5, 5.41) is 4.06. The minimum atomic E-state index is 0.740. The van der Waals surface area contributed by atoms with Crippen LogP contribution < -0.4 is 5.32 Å². The first-order valence-corrected chi connectivity index (χ1v) is 6.63. The number of hydrogen-bond acceptors (Lipinski definition) is 3. The molecule has 0 saturated carbocycles. The van der Waals surface area contributed by atoms with Crippen molar-refractivity contribution in [3.8, 4) is 5.69 Å². The Morgan fingerprint density at radius 3 is 3.05 bits per heavy atom. The summed E-state index contributed by atoms with van der Waals surface area (Å²) in [7, 11) is 1.70. The van der Waals surface area contributed by atoms with Gasteiger partial charge >= 0.3 is 0 Å². The van der Waals surface area contributed by atoms with Crippen LogP contribution in [0.4, 0.5) is 5.95 Å². The Bertz CT molecular complexity index is 539. The Morgan fingerprint density at radius 1 is 1.42 bits per heavy atom. The van der Waals surface area contributed by atoms with E-state index in [2.05, 4.69) is 10.3 Å². The van der Waals surface area contributed by atoms with Gasteiger partial charge in [0.15, 0.2) is 0 Å². The molecule has 102 valence electrons. The van der Waals surface area contributed by atoms with Crippen molar-refractivity contribution in [3.05, 3.63) is 41.2 Å². The van der Waals surface area contributed by atoms with Crippen molar-refractivity contribution < 1.29 is 4.74 Å². The predicted octanol–water partition coefficient (Wildman–Crippen LogP) is 3.28. The van der Waals surface area contributed by atoms with E-state index in [4.69, 9.17) is 16.3 Å². The lowest BCUT2D eigenvalue weighted by Gasteiger charge is -2.12. The van der Waals surface area contributed by atoms with Crippen LogP contribution >= 0.6 is 11.6 Å². The molecule has 0 radical (unpaired) electrons. The minimum absolute atomic E-state index is 0.740. The fraction of sp³-hybridized carbons (Fsp3) is 0.357. The van der Waals surface area contributed by atoms with Crippen LogP contribution in [-0.2, 0) is 4.74 Å². The van der Waals surface area contributed by atoms with Gasteiger partial charge in [0, 0.05) is 37.7 Å². The zero-order valence-electron chi connectivity index (χ0n) is 11.2. The van der Waals surface area contributed by atoms with Gasteiger partial charge in [0.25, 0.3) is 0 Å². The Hall–Kier alpha value is -1.52. The monoisotopic (exact) mass is 279 g/mol. The van der Waals surface area contributed by atoms with E-state index in [1.165, 1.54) is 0 Å². The van der Waals surface area contributed by atoms with Gasteiger partial charge in [-0.2, -0.15) is 0 Å². The molecule has 2 aromatic rings. The smallest absolute Gasteiger partial charge is 0.207 e. The van der Waals surface area contributed by atoms with Gasteiger partial charge in [-0.25, -0.2) is 4.98 Å². The molecule has 1 N–H and O–H groups in total. The molecule has 0 unspecified atom stereocenters. The number of anilines is 1. The third kappa shape index (κ3) is 3.28. The van der Waals surface area contributed by atoms with E-state index in [-0.39, 0.29) is 0 Å². The van der Waals surface area contributed by atoms with Gasteiger partial charge in [0.05, 0.1) is 5.69 Å². The van der Waals surface area contributed by atoms with Crippen LogP contribution in [0, 0.1) is 6.92 Å². The average molecular weight is 280 g/mol. The molecule has 2 rings (SSSR count). The second-order valence-corrected chi connectivity index (χ2v) is 4.69. The summed E-state index contributed by atoms with van der Waals surface area (Å²) in [6.07, 6.45) is 4.65. The molecule has 0 amide bonds. The summed E-state index contributed by atoms with van der Waals surface area (Å²) in [6.45, 7) is 3.57. The maximum Gasteiger partial charge on any atom is 0.207 e. The summed E-state index contributed by atoms with van der Waals surface area (Å²) >= 11 is 6.16. The lowest BCUT2D eigenvalue weighted by Crippen LogP contribution is -2.10. The fourth-order valence-electron chi connectivity index (χ4n) is 1.90. The van der Waals surface area contributed by atoms with Gasteiger partial charge in [-0.05, 0) is 31.0 Å². The standard InChI is InChI=1S/C14H18ClN3O/c1-11-12(15)5-3-6-13(11)18-9-8-17-14(18)16-7-4-10-19-2/h3,5-6,8-9H,4,7,10H2,1-2H3,(H,16,17). The van der Waals surface area contributed by atoms with E-state index in [1.54, 1.807) is 13.3 Å². The molecule has 0 bridgehead atoms. The molecule has 4 nitrogen and oxygen atoms in total. The molecule has 19 heavy (non-hydrogen) atoms. The quantitative estimate of drug-likeness (QED) is 0.825. The molecular formula is C14H18ClN3O. The van der Waals surface area contributed by atoms with Crippen molar-refractivity contribution in [2.75, 3.05) is 25.6 Å². The molecule has 0 atom stereocenters. The molecule has 1 aromatic carbocycles. The highest BCUT2D eigenvalue weighted by Crippen LogP contribution is 2.24. The van der Waals surface area contributed by atoms with E-state index in [9.17, 15) is 0 Å². The highest BCUT2D eigenvalue weighted by atomic mass is 35.5. The summed E-state index contributed by atoms with van der Waals surface area (Å²) < 4.78 is 7.03. The van der Waals surface area contributed by atoms with Crippen molar-refractivity contribution in [2.45, 2.75) is 13.3 Å². The maximum absolute atomic E-state index is 6.16. The first-order valence-electron chi connectivity index (χ1n) is 6.25. The zero-order chi connectivity index (χ0) is 13.7. The van der Waals surface area contributed by atoms with Crippen LogP contribution in [-0.4, -0.2) is 29.8 Å². The number of nitrogens with one attached hydrogen (secondary N) is 1. The van der Waals surface area contributed by atoms with Gasteiger partial charge < -0.3 is 10.1 Å². The first-order chi connectivity index (χ1) is 9.24. The summed E-state index contributed by atoms with van der Waals surface area (Å²) in [5.41, 5.74) is 2.08. The van der Waals surface area contributed by atoms with Gasteiger partial charge in [-0.1, -0.05) is 17.7 Å². The predicted molar refractivity (Wildman–Crippen MR) is 78.3 cm³/mol. The topological polar surface area (TPSA) is 39.1 Å². The van der Waals surface area contributed by atoms with Crippen LogP contribution in [0.15, 0.2) is 30.6 Å². The summed E-state index contributed by atoms with van der Waals surface area (Å²) in [5.74, 6) is 0.821. The molecule has 0 fully saturated rings. The molecule has 1 heterocycles. The van der Waals surface area contributed by atoms with Crippen LogP contribution in [0.2, 0.25) is 5.02 Å². The Balaban J connectivity index is 2.17. The van der Waals surface area contributed by atoms with E-state index < -0.39 is 0 Å². The first kappa shape index (κ1) is 13.9. The molecular weight excluding hydrogens is 262 g/mol. The lowest BCUT2D eigenvalue weighted by atomic mass is 10.2. The number of rotatable bonds is 6. The summed E-state index contributed by atoms with van der Waals surface area (Å²) in [6, 6.07) is 5.87. The van der Waals surface area contributed by atoms with E-state index in [0.29, 0.717) is 0 Å². The lowest BCUT2D eigenvalue weighted by molar-refractivity contribution is 0.197. The second-order valence-electron chi connectivity index (χ2n) is 4.28. The van der Waals surface area contributed by atoms with Gasteiger partial charge in [0.2, 0.25) is 5.95 Å². The van der Waals surface area contributed by atoms with Crippen LogP contribution in [0.3, 0.4) is 0 Å². The molecule has 0 aliphatic carbocycles. The zero-order valence-corrected chi connectivity index (χ0v) is 11.9. The third-order valence-electron chi connectivity index (χ3n) is 2.95. The minimum Gasteiger partial charge on any atom is -0.385 e. The number of methoxy groups -OCH3 is 1. The number of halogens is 1. The van der Waals surface area contributed by atoms with Crippen molar-refractivity contribution in [1.82, 2.24) is 9.55 Å². The third-order valence-corrected chi connectivity index (χ3v) is 3.36. The average Bonchev–Trinajstić information content (AvgIpc) is 2.86. The van der Waals surface area contributed by atoms with E-state index in [1.807, 2.05) is 35.9 Å². The fourth-order valence-corrected chi connectivity index (χ4v) is 2.07. The van der Waals surface area contributed by atoms with Crippen molar-refractivity contribution >= 4 is 17.5 Å². The molecule has 5 heteroatoms. The highest BCUT2D eigenvalue weighted by molar-refractivity contribution is 6.31. The number of hydrogen-bond donors (Lipinski definition) is 1. The number of benzene rings is 1. The van der Waals surface area contributed by atoms with Crippen LogP contribution in [0.25, 0.3) is 5.69 Å². The van der Waals surface area contributed by atoms with Gasteiger partial charge in [-0.3, -0.25) is 4.57 Å². The van der Waals surface area contributed by atoms with E-state index >= 15 is 0 Å². The normalized spacial score (nSPS) is 10.7.